The van der Waals surface area contributed by atoms with Crippen molar-refractivity contribution in [3.05, 3.63) is 40.2 Å². The molecule has 1 aromatic heterocycles. The van der Waals surface area contributed by atoms with Gasteiger partial charge in [-0.1, -0.05) is 20.8 Å². The molecule has 0 saturated heterocycles. The van der Waals surface area contributed by atoms with Crippen molar-refractivity contribution in [2.24, 2.45) is 0 Å². The maximum Gasteiger partial charge on any atom is 0.336 e. The summed E-state index contributed by atoms with van der Waals surface area (Å²) in [6, 6.07) is 7.17. The van der Waals surface area contributed by atoms with E-state index in [2.05, 4.69) is 33.9 Å². The van der Waals surface area contributed by atoms with Gasteiger partial charge in [0.1, 0.15) is 11.3 Å². The topological polar surface area (TPSA) is 39.4 Å². The zero-order valence-electron chi connectivity index (χ0n) is 13.0. The molecule has 3 nitrogen and oxygen atoms in total. The van der Waals surface area contributed by atoms with Gasteiger partial charge in [-0.2, -0.15) is 0 Å². The van der Waals surface area contributed by atoms with Crippen LogP contribution in [-0.4, -0.2) is 8.32 Å². The van der Waals surface area contributed by atoms with E-state index < -0.39 is 8.32 Å². The summed E-state index contributed by atoms with van der Waals surface area (Å²) in [5, 5.41) is 1.08. The van der Waals surface area contributed by atoms with Crippen LogP contribution in [0.1, 0.15) is 26.3 Å². The van der Waals surface area contributed by atoms with Crippen LogP contribution in [0.2, 0.25) is 18.1 Å². The SMILES string of the molecule is Cc1cc(=O)oc2ccc(O[Si](C)(C)C(C)(C)C)cc12. The number of fused-ring (bicyclic) bond motifs is 1. The number of hydrogen-bond acceptors (Lipinski definition) is 3. The Hall–Kier alpha value is -1.55. The molecule has 0 aliphatic heterocycles. The molecule has 4 heteroatoms. The number of benzene rings is 1. The highest BCUT2D eigenvalue weighted by molar-refractivity contribution is 6.74. The third kappa shape index (κ3) is 2.80. The molecule has 0 radical (unpaired) electrons. The lowest BCUT2D eigenvalue weighted by Crippen LogP contribution is -2.43. The normalized spacial score (nSPS) is 12.7. The highest BCUT2D eigenvalue weighted by Gasteiger charge is 2.38. The average Bonchev–Trinajstić information content (AvgIpc) is 2.28. The Balaban J connectivity index is 2.45. The molecule has 0 atom stereocenters. The van der Waals surface area contributed by atoms with Crippen molar-refractivity contribution in [3.8, 4) is 5.75 Å². The second-order valence-corrected chi connectivity index (χ2v) is 11.5. The summed E-state index contributed by atoms with van der Waals surface area (Å²) in [7, 11) is -1.85. The van der Waals surface area contributed by atoms with Gasteiger partial charge in [-0.25, -0.2) is 4.79 Å². The minimum absolute atomic E-state index is 0.153. The monoisotopic (exact) mass is 290 g/mol. The number of aryl methyl sites for hydroxylation is 1. The maximum absolute atomic E-state index is 11.4. The molecule has 2 rings (SSSR count). The fourth-order valence-electron chi connectivity index (χ4n) is 1.81. The predicted molar refractivity (Wildman–Crippen MR) is 85.0 cm³/mol. The molecular formula is C16H22O3Si. The van der Waals surface area contributed by atoms with E-state index in [4.69, 9.17) is 8.84 Å². The lowest BCUT2D eigenvalue weighted by molar-refractivity contribution is 0.492. The second kappa shape index (κ2) is 4.77. The molecule has 0 spiro atoms. The van der Waals surface area contributed by atoms with Gasteiger partial charge in [0, 0.05) is 11.5 Å². The molecule has 0 bridgehead atoms. The van der Waals surface area contributed by atoms with Crippen molar-refractivity contribution in [1.29, 1.82) is 0 Å². The largest absolute Gasteiger partial charge is 0.543 e. The van der Waals surface area contributed by atoms with Crippen LogP contribution in [0.5, 0.6) is 5.75 Å². The summed E-state index contributed by atoms with van der Waals surface area (Å²) in [5.74, 6) is 0.848. The molecule has 0 saturated carbocycles. The van der Waals surface area contributed by atoms with Crippen LogP contribution in [0.15, 0.2) is 33.5 Å². The first-order valence-corrected chi connectivity index (χ1v) is 9.74. The van der Waals surface area contributed by atoms with Crippen LogP contribution in [0.4, 0.5) is 0 Å². The van der Waals surface area contributed by atoms with E-state index in [-0.39, 0.29) is 10.7 Å². The van der Waals surface area contributed by atoms with Crippen molar-refractivity contribution < 1.29 is 8.84 Å². The van der Waals surface area contributed by atoms with E-state index in [0.717, 1.165) is 16.7 Å². The molecule has 0 aliphatic rings. The van der Waals surface area contributed by atoms with E-state index in [9.17, 15) is 4.79 Å². The van der Waals surface area contributed by atoms with E-state index >= 15 is 0 Å². The first-order valence-electron chi connectivity index (χ1n) is 6.84. The van der Waals surface area contributed by atoms with E-state index in [1.54, 1.807) is 0 Å². The van der Waals surface area contributed by atoms with Crippen LogP contribution in [0.3, 0.4) is 0 Å². The van der Waals surface area contributed by atoms with Crippen LogP contribution in [0, 0.1) is 6.92 Å². The zero-order valence-corrected chi connectivity index (χ0v) is 14.0. The zero-order chi connectivity index (χ0) is 15.1. The summed E-state index contributed by atoms with van der Waals surface area (Å²) in [6.45, 7) is 13.0. The fourth-order valence-corrected chi connectivity index (χ4v) is 2.83. The smallest absolute Gasteiger partial charge is 0.336 e. The molecule has 0 N–H and O–H groups in total. The Labute approximate surface area is 120 Å². The quantitative estimate of drug-likeness (QED) is 0.604. The first-order chi connectivity index (χ1) is 9.10. The molecule has 0 amide bonds. The van der Waals surface area contributed by atoms with Gasteiger partial charge < -0.3 is 8.84 Å². The minimum Gasteiger partial charge on any atom is -0.543 e. The Bertz CT molecular complexity index is 693. The van der Waals surface area contributed by atoms with Crippen molar-refractivity contribution in [2.75, 3.05) is 0 Å². The Morgan fingerprint density at radius 2 is 1.80 bits per heavy atom. The number of rotatable bonds is 2. The second-order valence-electron chi connectivity index (χ2n) is 6.77. The summed E-state index contributed by atoms with van der Waals surface area (Å²) >= 11 is 0. The minimum atomic E-state index is -1.85. The highest BCUT2D eigenvalue weighted by atomic mass is 28.4. The van der Waals surface area contributed by atoms with Gasteiger partial charge in [0.25, 0.3) is 0 Å². The standard InChI is InChI=1S/C16H22O3Si/c1-11-9-15(17)18-14-8-7-12(10-13(11)14)19-20(5,6)16(2,3)4/h7-10H,1-6H3. The van der Waals surface area contributed by atoms with Crippen LogP contribution in [-0.2, 0) is 0 Å². The van der Waals surface area contributed by atoms with Crippen molar-refractivity contribution in [2.45, 2.75) is 45.8 Å². The molecule has 0 unspecified atom stereocenters. The van der Waals surface area contributed by atoms with Gasteiger partial charge in [-0.05, 0) is 48.8 Å². The Morgan fingerprint density at radius 1 is 1.15 bits per heavy atom. The van der Waals surface area contributed by atoms with Crippen molar-refractivity contribution in [3.63, 3.8) is 0 Å². The fraction of sp³-hybridized carbons (Fsp3) is 0.438. The summed E-state index contributed by atoms with van der Waals surface area (Å²) in [5.41, 5.74) is 1.21. The van der Waals surface area contributed by atoms with Crippen LogP contribution >= 0.6 is 0 Å². The third-order valence-corrected chi connectivity index (χ3v) is 8.46. The van der Waals surface area contributed by atoms with Crippen LogP contribution < -0.4 is 10.1 Å². The van der Waals surface area contributed by atoms with Gasteiger partial charge in [0.05, 0.1) is 0 Å². The van der Waals surface area contributed by atoms with E-state index in [0.29, 0.717) is 5.58 Å². The highest BCUT2D eigenvalue weighted by Crippen LogP contribution is 2.37. The predicted octanol–water partition coefficient (Wildman–Crippen LogP) is 4.49. The summed E-state index contributed by atoms with van der Waals surface area (Å²) in [4.78, 5) is 11.4. The van der Waals surface area contributed by atoms with E-state index in [1.807, 2.05) is 25.1 Å². The molecule has 1 heterocycles. The molecule has 108 valence electrons. The maximum atomic E-state index is 11.4. The van der Waals surface area contributed by atoms with Gasteiger partial charge in [0.15, 0.2) is 0 Å². The Kier molecular flexibility index (Phi) is 3.54. The summed E-state index contributed by atoms with van der Waals surface area (Å²) < 4.78 is 11.5. The van der Waals surface area contributed by atoms with Gasteiger partial charge >= 0.3 is 5.63 Å². The van der Waals surface area contributed by atoms with E-state index in [1.165, 1.54) is 6.07 Å². The lowest BCUT2D eigenvalue weighted by atomic mass is 10.1. The molecule has 0 fully saturated rings. The molecule has 20 heavy (non-hydrogen) atoms. The Morgan fingerprint density at radius 3 is 2.40 bits per heavy atom. The lowest BCUT2D eigenvalue weighted by Gasteiger charge is -2.36. The molecule has 0 aliphatic carbocycles. The molecule has 1 aromatic carbocycles. The average molecular weight is 290 g/mol. The van der Waals surface area contributed by atoms with Crippen molar-refractivity contribution in [1.82, 2.24) is 0 Å². The van der Waals surface area contributed by atoms with Gasteiger partial charge in [-0.3, -0.25) is 0 Å². The first kappa shape index (κ1) is 14.8. The van der Waals surface area contributed by atoms with Crippen LogP contribution in [0.25, 0.3) is 11.0 Å². The third-order valence-electron chi connectivity index (χ3n) is 4.10. The van der Waals surface area contributed by atoms with Gasteiger partial charge in [-0.15, -0.1) is 0 Å². The molecular weight excluding hydrogens is 268 g/mol. The molecule has 2 aromatic rings. The van der Waals surface area contributed by atoms with Crippen molar-refractivity contribution >= 4 is 19.3 Å². The number of hydrogen-bond donors (Lipinski definition) is 0. The summed E-state index contributed by atoms with van der Waals surface area (Å²) in [6.07, 6.45) is 0. The van der Waals surface area contributed by atoms with Gasteiger partial charge in [0.2, 0.25) is 8.32 Å².